The van der Waals surface area contributed by atoms with Gasteiger partial charge in [0.1, 0.15) is 0 Å². The van der Waals surface area contributed by atoms with E-state index in [0.29, 0.717) is 13.1 Å². The molecule has 0 radical (unpaired) electrons. The first-order chi connectivity index (χ1) is 14.0. The van der Waals surface area contributed by atoms with Gasteiger partial charge in [0.2, 0.25) is 17.7 Å². The van der Waals surface area contributed by atoms with Crippen molar-refractivity contribution in [3.8, 4) is 0 Å². The van der Waals surface area contributed by atoms with E-state index in [9.17, 15) is 14.4 Å². The van der Waals surface area contributed by atoms with E-state index in [4.69, 9.17) is 0 Å². The van der Waals surface area contributed by atoms with Crippen LogP contribution in [0.2, 0.25) is 0 Å². The molecule has 2 aliphatic rings. The third kappa shape index (κ3) is 3.75. The van der Waals surface area contributed by atoms with Gasteiger partial charge in [0.15, 0.2) is 0 Å². The Morgan fingerprint density at radius 1 is 1.14 bits per heavy atom. The Balaban J connectivity index is 1.45. The lowest BCUT2D eigenvalue weighted by molar-refractivity contribution is -0.122. The van der Waals surface area contributed by atoms with Gasteiger partial charge < -0.3 is 15.1 Å². The number of hydrogen-bond donors (Lipinski definition) is 1. The lowest BCUT2D eigenvalue weighted by Crippen LogP contribution is -2.28. The molecule has 6 nitrogen and oxygen atoms in total. The van der Waals surface area contributed by atoms with Gasteiger partial charge in [0.25, 0.3) is 0 Å². The molecule has 6 heteroatoms. The smallest absolute Gasteiger partial charge is 0.229 e. The van der Waals surface area contributed by atoms with Crippen LogP contribution in [0.25, 0.3) is 0 Å². The monoisotopic (exact) mass is 391 g/mol. The molecule has 0 unspecified atom stereocenters. The fourth-order valence-electron chi connectivity index (χ4n) is 4.08. The molecule has 2 heterocycles. The number of carbonyl (C=O) groups is 3. The van der Waals surface area contributed by atoms with Crippen LogP contribution in [0.15, 0.2) is 42.5 Å². The molecule has 4 rings (SSSR count). The molecule has 0 bridgehead atoms. The summed E-state index contributed by atoms with van der Waals surface area (Å²) in [6.07, 6.45) is 1.93. The summed E-state index contributed by atoms with van der Waals surface area (Å²) in [6.45, 7) is 4.69. The maximum atomic E-state index is 12.7. The molecule has 0 saturated carbocycles. The van der Waals surface area contributed by atoms with Crippen LogP contribution in [0, 0.1) is 5.92 Å². The third-order valence-electron chi connectivity index (χ3n) is 5.78. The van der Waals surface area contributed by atoms with Gasteiger partial charge in [-0.3, -0.25) is 14.4 Å². The fourth-order valence-corrected chi connectivity index (χ4v) is 4.08. The van der Waals surface area contributed by atoms with Crippen molar-refractivity contribution < 1.29 is 14.4 Å². The van der Waals surface area contributed by atoms with Gasteiger partial charge in [-0.2, -0.15) is 0 Å². The lowest BCUT2D eigenvalue weighted by Gasteiger charge is -2.19. The SMILES string of the molecule is CCc1ccc(NC(=O)[C@H]2CC(=O)N(c3ccc4c(c3)CCN4C(C)=O)C2)cc1. The van der Waals surface area contributed by atoms with Crippen LogP contribution in [0.3, 0.4) is 0 Å². The highest BCUT2D eigenvalue weighted by Gasteiger charge is 2.36. The number of amides is 3. The van der Waals surface area contributed by atoms with Crippen LogP contribution in [0.4, 0.5) is 17.1 Å². The Labute approximate surface area is 170 Å². The Morgan fingerprint density at radius 3 is 2.59 bits per heavy atom. The molecule has 0 spiro atoms. The minimum Gasteiger partial charge on any atom is -0.326 e. The van der Waals surface area contributed by atoms with E-state index in [-0.39, 0.29) is 30.1 Å². The van der Waals surface area contributed by atoms with Crippen molar-refractivity contribution in [2.75, 3.05) is 28.2 Å². The molecule has 2 aromatic rings. The summed E-state index contributed by atoms with van der Waals surface area (Å²) >= 11 is 0. The van der Waals surface area contributed by atoms with Crippen molar-refractivity contribution in [1.82, 2.24) is 0 Å². The van der Waals surface area contributed by atoms with Crippen molar-refractivity contribution >= 4 is 34.8 Å². The molecule has 2 aliphatic heterocycles. The zero-order chi connectivity index (χ0) is 20.5. The van der Waals surface area contributed by atoms with Gasteiger partial charge in [-0.25, -0.2) is 0 Å². The summed E-state index contributed by atoms with van der Waals surface area (Å²) in [7, 11) is 0. The molecule has 0 aliphatic carbocycles. The summed E-state index contributed by atoms with van der Waals surface area (Å²) in [5.41, 5.74) is 4.74. The molecule has 1 saturated heterocycles. The highest BCUT2D eigenvalue weighted by atomic mass is 16.2. The first kappa shape index (κ1) is 19.2. The van der Waals surface area contributed by atoms with E-state index in [1.165, 1.54) is 5.56 Å². The van der Waals surface area contributed by atoms with Gasteiger partial charge in [-0.15, -0.1) is 0 Å². The highest BCUT2D eigenvalue weighted by molar-refractivity contribution is 6.04. The molecule has 0 aromatic heterocycles. The van der Waals surface area contributed by atoms with Crippen molar-refractivity contribution in [1.29, 1.82) is 0 Å². The zero-order valence-electron chi connectivity index (χ0n) is 16.8. The number of fused-ring (bicyclic) bond motifs is 1. The minimum atomic E-state index is -0.379. The van der Waals surface area contributed by atoms with Crippen LogP contribution in [-0.4, -0.2) is 30.8 Å². The van der Waals surface area contributed by atoms with Crippen molar-refractivity contribution in [2.24, 2.45) is 5.92 Å². The average Bonchev–Trinajstić information content (AvgIpc) is 3.31. The van der Waals surface area contributed by atoms with E-state index in [1.807, 2.05) is 42.5 Å². The maximum absolute atomic E-state index is 12.7. The largest absolute Gasteiger partial charge is 0.326 e. The zero-order valence-corrected chi connectivity index (χ0v) is 16.8. The summed E-state index contributed by atoms with van der Waals surface area (Å²) in [4.78, 5) is 40.4. The van der Waals surface area contributed by atoms with Gasteiger partial charge >= 0.3 is 0 Å². The number of nitrogens with zero attached hydrogens (tertiary/aromatic N) is 2. The van der Waals surface area contributed by atoms with E-state index in [2.05, 4.69) is 12.2 Å². The fraction of sp³-hybridized carbons (Fsp3) is 0.348. The number of hydrogen-bond acceptors (Lipinski definition) is 3. The Bertz CT molecular complexity index is 968. The van der Waals surface area contributed by atoms with Crippen LogP contribution < -0.4 is 15.1 Å². The second-order valence-corrected chi connectivity index (χ2v) is 7.68. The Hall–Kier alpha value is -3.15. The first-order valence-corrected chi connectivity index (χ1v) is 10.1. The number of carbonyl (C=O) groups excluding carboxylic acids is 3. The third-order valence-corrected chi connectivity index (χ3v) is 5.78. The molecular weight excluding hydrogens is 366 g/mol. The van der Waals surface area contributed by atoms with Gasteiger partial charge in [-0.1, -0.05) is 19.1 Å². The summed E-state index contributed by atoms with van der Waals surface area (Å²) in [6, 6.07) is 13.5. The predicted octanol–water partition coefficient (Wildman–Crippen LogP) is 3.15. The molecule has 1 fully saturated rings. The second-order valence-electron chi connectivity index (χ2n) is 7.68. The van der Waals surface area contributed by atoms with Crippen LogP contribution in [0.5, 0.6) is 0 Å². The summed E-state index contributed by atoms with van der Waals surface area (Å²) in [5, 5.41) is 2.93. The van der Waals surface area contributed by atoms with Crippen LogP contribution >= 0.6 is 0 Å². The molecular formula is C23H25N3O3. The van der Waals surface area contributed by atoms with E-state index >= 15 is 0 Å². The molecule has 150 valence electrons. The maximum Gasteiger partial charge on any atom is 0.229 e. The molecule has 1 N–H and O–H groups in total. The molecule has 1 atom stereocenters. The van der Waals surface area contributed by atoms with Crippen molar-refractivity contribution in [2.45, 2.75) is 33.1 Å². The van der Waals surface area contributed by atoms with Crippen LogP contribution in [0.1, 0.15) is 31.4 Å². The van der Waals surface area contributed by atoms with E-state index < -0.39 is 0 Å². The highest BCUT2D eigenvalue weighted by Crippen LogP contribution is 2.34. The molecule has 2 aromatic carbocycles. The quantitative estimate of drug-likeness (QED) is 0.870. The minimum absolute atomic E-state index is 0.0254. The summed E-state index contributed by atoms with van der Waals surface area (Å²) < 4.78 is 0. The number of nitrogens with one attached hydrogen (secondary N) is 1. The first-order valence-electron chi connectivity index (χ1n) is 10.1. The van der Waals surface area contributed by atoms with E-state index in [1.54, 1.807) is 16.7 Å². The lowest BCUT2D eigenvalue weighted by atomic mass is 10.1. The number of rotatable bonds is 4. The number of benzene rings is 2. The van der Waals surface area contributed by atoms with E-state index in [0.717, 1.165) is 35.5 Å². The Kier molecular flexibility index (Phi) is 5.09. The number of anilines is 3. The van der Waals surface area contributed by atoms with Crippen LogP contribution in [-0.2, 0) is 27.2 Å². The normalized spacial score (nSPS) is 18.1. The van der Waals surface area contributed by atoms with Crippen molar-refractivity contribution in [3.05, 3.63) is 53.6 Å². The van der Waals surface area contributed by atoms with Crippen molar-refractivity contribution in [3.63, 3.8) is 0 Å². The topological polar surface area (TPSA) is 69.7 Å². The molecule has 3 amide bonds. The second kappa shape index (κ2) is 7.70. The standard InChI is InChI=1S/C23H25N3O3/c1-3-16-4-6-19(7-5-16)24-23(29)18-13-22(28)26(14-18)20-8-9-21-17(12-20)10-11-25(21)15(2)27/h4-9,12,18H,3,10-11,13-14H2,1-2H3,(H,24,29)/t18-/m0/s1. The average molecular weight is 391 g/mol. The number of aryl methyl sites for hydroxylation is 1. The summed E-state index contributed by atoms with van der Waals surface area (Å²) in [5.74, 6) is -0.533. The van der Waals surface area contributed by atoms with Gasteiger partial charge in [0.05, 0.1) is 5.92 Å². The van der Waals surface area contributed by atoms with Gasteiger partial charge in [0, 0.05) is 43.5 Å². The Morgan fingerprint density at radius 2 is 1.90 bits per heavy atom. The van der Waals surface area contributed by atoms with Gasteiger partial charge in [-0.05, 0) is 54.3 Å². The predicted molar refractivity (Wildman–Crippen MR) is 113 cm³/mol. The molecule has 29 heavy (non-hydrogen) atoms.